The fourth-order valence-electron chi connectivity index (χ4n) is 8.69. The second kappa shape index (κ2) is 11.9. The molecular weight excluding hydrogens is 685 g/mol. The number of hydrogen-bond acceptors (Lipinski definition) is 4. The molecule has 0 unspecified atom stereocenters. The third-order valence-electron chi connectivity index (χ3n) is 11.2. The van der Waals surface area contributed by atoms with Gasteiger partial charge < -0.3 is 8.98 Å². The summed E-state index contributed by atoms with van der Waals surface area (Å²) in [6.07, 6.45) is 0. The highest BCUT2D eigenvalue weighted by atomic mass is 16.3. The lowest BCUT2D eigenvalue weighted by atomic mass is 9.95. The number of fused-ring (bicyclic) bond motifs is 6. The molecule has 0 bridgehead atoms. The molecule has 12 rings (SSSR count). The lowest BCUT2D eigenvalue weighted by Gasteiger charge is -2.10. The molecule has 0 N–H and O–H groups in total. The molecule has 0 aliphatic rings. The lowest BCUT2D eigenvalue weighted by Crippen LogP contribution is -2.00. The summed E-state index contributed by atoms with van der Waals surface area (Å²) in [7, 11) is 0. The van der Waals surface area contributed by atoms with Crippen molar-refractivity contribution in [1.82, 2.24) is 19.5 Å². The number of aromatic nitrogens is 4. The highest BCUT2D eigenvalue weighted by Crippen LogP contribution is 2.45. The molecule has 0 radical (unpaired) electrons. The van der Waals surface area contributed by atoms with Gasteiger partial charge in [-0.25, -0.2) is 15.0 Å². The van der Waals surface area contributed by atoms with Crippen molar-refractivity contribution >= 4 is 65.3 Å². The van der Waals surface area contributed by atoms with Gasteiger partial charge in [0, 0.05) is 32.8 Å². The van der Waals surface area contributed by atoms with Crippen molar-refractivity contribution in [2.45, 2.75) is 0 Å². The van der Waals surface area contributed by atoms with E-state index >= 15 is 0 Å². The molecule has 3 aromatic heterocycles. The van der Waals surface area contributed by atoms with E-state index in [1.54, 1.807) is 0 Å². The second-order valence-electron chi connectivity index (χ2n) is 14.4. The quantitative estimate of drug-likeness (QED) is 0.167. The van der Waals surface area contributed by atoms with E-state index in [1.807, 2.05) is 36.4 Å². The van der Waals surface area contributed by atoms with E-state index in [1.165, 1.54) is 48.9 Å². The Kier molecular flexibility index (Phi) is 6.56. The molecule has 0 amide bonds. The average Bonchev–Trinajstić information content (AvgIpc) is 3.83. The van der Waals surface area contributed by atoms with Crippen LogP contribution in [0, 0.1) is 0 Å². The SMILES string of the molecule is c1ccc(-c2ccc(-c3nc(-c4ccccc4)nc(-c4ccc5c(c4)oc4cccc(-n6c7cccc8c9ccccc9c9cccc6c9c87)c45)n3)cc2)cc1. The minimum Gasteiger partial charge on any atom is -0.456 e. The topological polar surface area (TPSA) is 56.7 Å². The van der Waals surface area contributed by atoms with E-state index in [0.717, 1.165) is 49.9 Å². The Hall–Kier alpha value is -7.63. The first kappa shape index (κ1) is 30.8. The number of hydrogen-bond donors (Lipinski definition) is 0. The van der Waals surface area contributed by atoms with Gasteiger partial charge in [0.25, 0.3) is 0 Å². The van der Waals surface area contributed by atoms with E-state index in [2.05, 4.69) is 150 Å². The fourth-order valence-corrected chi connectivity index (χ4v) is 8.69. The van der Waals surface area contributed by atoms with Crippen LogP contribution in [-0.2, 0) is 0 Å². The maximum Gasteiger partial charge on any atom is 0.164 e. The Morgan fingerprint density at radius 1 is 0.321 bits per heavy atom. The van der Waals surface area contributed by atoms with Crippen LogP contribution in [-0.4, -0.2) is 19.5 Å². The van der Waals surface area contributed by atoms with Crippen LogP contribution < -0.4 is 0 Å². The van der Waals surface area contributed by atoms with Crippen LogP contribution in [0.1, 0.15) is 0 Å². The predicted molar refractivity (Wildman–Crippen MR) is 229 cm³/mol. The van der Waals surface area contributed by atoms with Gasteiger partial charge in [-0.1, -0.05) is 146 Å². The minimum atomic E-state index is 0.587. The Bertz CT molecular complexity index is 3370. The Labute approximate surface area is 321 Å². The van der Waals surface area contributed by atoms with E-state index in [4.69, 9.17) is 19.4 Å². The first-order valence-corrected chi connectivity index (χ1v) is 18.9. The van der Waals surface area contributed by atoms with Gasteiger partial charge in [0.15, 0.2) is 17.5 Å². The van der Waals surface area contributed by atoms with Gasteiger partial charge in [0.2, 0.25) is 0 Å². The van der Waals surface area contributed by atoms with Crippen LogP contribution in [0.25, 0.3) is 116 Å². The van der Waals surface area contributed by atoms with Gasteiger partial charge >= 0.3 is 0 Å². The monoisotopic (exact) mass is 714 g/mol. The molecule has 12 aromatic rings. The summed E-state index contributed by atoms with van der Waals surface area (Å²) in [5.74, 6) is 1.82. The Morgan fingerprint density at radius 3 is 1.45 bits per heavy atom. The summed E-state index contributed by atoms with van der Waals surface area (Å²) >= 11 is 0. The van der Waals surface area contributed by atoms with Gasteiger partial charge in [0.1, 0.15) is 11.2 Å². The summed E-state index contributed by atoms with van der Waals surface area (Å²) in [4.78, 5) is 15.1. The largest absolute Gasteiger partial charge is 0.456 e. The maximum atomic E-state index is 6.69. The number of furan rings is 1. The summed E-state index contributed by atoms with van der Waals surface area (Å²) < 4.78 is 9.11. The minimum absolute atomic E-state index is 0.587. The Morgan fingerprint density at radius 2 is 0.804 bits per heavy atom. The molecule has 0 fully saturated rings. The van der Waals surface area contributed by atoms with Gasteiger partial charge in [-0.15, -0.1) is 0 Å². The summed E-state index contributed by atoms with van der Waals surface area (Å²) in [6.45, 7) is 0. The third kappa shape index (κ3) is 4.58. The van der Waals surface area contributed by atoms with E-state index in [0.29, 0.717) is 17.5 Å². The molecule has 3 heterocycles. The van der Waals surface area contributed by atoms with Crippen LogP contribution >= 0.6 is 0 Å². The van der Waals surface area contributed by atoms with Gasteiger partial charge in [-0.05, 0) is 69.1 Å². The normalized spacial score (nSPS) is 11.9. The number of benzene rings is 9. The van der Waals surface area contributed by atoms with E-state index in [-0.39, 0.29) is 0 Å². The zero-order valence-electron chi connectivity index (χ0n) is 30.0. The molecule has 0 spiro atoms. The lowest BCUT2D eigenvalue weighted by molar-refractivity contribution is 0.669. The molecule has 0 saturated heterocycles. The molecule has 0 aliphatic carbocycles. The highest BCUT2D eigenvalue weighted by Gasteiger charge is 2.22. The van der Waals surface area contributed by atoms with Crippen molar-refractivity contribution in [1.29, 1.82) is 0 Å². The standard InChI is InChI=1S/C51H30N4O/c1-3-12-31(13-4-1)32-24-26-34(27-25-32)50-52-49(33-14-5-2-6-15-33)53-51(54-50)35-28-29-40-45(30-35)56-44-23-11-22-41(46(40)44)55-42-20-9-18-38-36-16-7-8-17-37(36)39-19-10-21-43(55)48(39)47(38)42/h1-30H. The van der Waals surface area contributed by atoms with Crippen molar-refractivity contribution in [3.05, 3.63) is 182 Å². The molecular formula is C51H30N4O. The van der Waals surface area contributed by atoms with E-state index in [9.17, 15) is 0 Å². The highest BCUT2D eigenvalue weighted by molar-refractivity contribution is 6.34. The molecule has 56 heavy (non-hydrogen) atoms. The van der Waals surface area contributed by atoms with Crippen LogP contribution in [0.4, 0.5) is 0 Å². The zero-order valence-corrected chi connectivity index (χ0v) is 30.0. The van der Waals surface area contributed by atoms with Crippen molar-refractivity contribution in [3.63, 3.8) is 0 Å². The van der Waals surface area contributed by atoms with Gasteiger partial charge in [-0.2, -0.15) is 0 Å². The van der Waals surface area contributed by atoms with Gasteiger partial charge in [-0.3, -0.25) is 0 Å². The molecule has 5 nitrogen and oxygen atoms in total. The van der Waals surface area contributed by atoms with Crippen LogP contribution in [0.2, 0.25) is 0 Å². The summed E-state index contributed by atoms with van der Waals surface area (Å²) in [5, 5.41) is 9.78. The molecule has 0 aliphatic heterocycles. The maximum absolute atomic E-state index is 6.69. The molecule has 0 saturated carbocycles. The van der Waals surface area contributed by atoms with E-state index < -0.39 is 0 Å². The van der Waals surface area contributed by atoms with Gasteiger partial charge in [0.05, 0.1) is 22.1 Å². The second-order valence-corrected chi connectivity index (χ2v) is 14.4. The molecule has 9 aromatic carbocycles. The smallest absolute Gasteiger partial charge is 0.164 e. The van der Waals surface area contributed by atoms with Crippen LogP contribution in [0.3, 0.4) is 0 Å². The number of rotatable bonds is 5. The predicted octanol–water partition coefficient (Wildman–Crippen LogP) is 13.3. The van der Waals surface area contributed by atoms with Crippen molar-refractivity contribution < 1.29 is 4.42 Å². The van der Waals surface area contributed by atoms with Crippen LogP contribution in [0.15, 0.2) is 186 Å². The Balaban J connectivity index is 1.03. The van der Waals surface area contributed by atoms with Crippen molar-refractivity contribution in [2.75, 3.05) is 0 Å². The summed E-state index contributed by atoms with van der Waals surface area (Å²) in [6, 6.07) is 63.7. The van der Waals surface area contributed by atoms with Crippen LogP contribution in [0.5, 0.6) is 0 Å². The zero-order chi connectivity index (χ0) is 36.7. The first-order valence-electron chi connectivity index (χ1n) is 18.9. The first-order chi connectivity index (χ1) is 27.8. The molecule has 0 atom stereocenters. The average molecular weight is 715 g/mol. The van der Waals surface area contributed by atoms with Crippen molar-refractivity contribution in [2.24, 2.45) is 0 Å². The molecule has 5 heteroatoms. The number of nitrogens with zero attached hydrogens (tertiary/aromatic N) is 4. The third-order valence-corrected chi connectivity index (χ3v) is 11.2. The summed E-state index contributed by atoms with van der Waals surface area (Å²) in [5.41, 5.74) is 10.1. The van der Waals surface area contributed by atoms with Crippen molar-refractivity contribution in [3.8, 4) is 51.0 Å². The fraction of sp³-hybridized carbons (Fsp3) is 0. The molecule has 260 valence electrons.